The molecule has 0 amide bonds. The van der Waals surface area contributed by atoms with Crippen LogP contribution in [-0.4, -0.2) is 41.8 Å². The van der Waals surface area contributed by atoms with Gasteiger partial charge in [0.05, 0.1) is 14.7 Å². The van der Waals surface area contributed by atoms with Gasteiger partial charge in [-0.2, -0.15) is 39.5 Å². The molecule has 0 N–H and O–H groups in total. The molecule has 0 aliphatic carbocycles. The Labute approximate surface area is 150 Å². The summed E-state index contributed by atoms with van der Waals surface area (Å²) >= 11 is 0. The summed E-state index contributed by atoms with van der Waals surface area (Å²) in [4.78, 5) is -7.22. The van der Waals surface area contributed by atoms with Crippen LogP contribution in [0.4, 0.5) is 39.5 Å². The smallest absolute Gasteiger partial charge is 0.214 e. The van der Waals surface area contributed by atoms with E-state index in [1.165, 1.54) is 0 Å². The van der Waals surface area contributed by atoms with Gasteiger partial charge >= 0.3 is 16.5 Å². The Morgan fingerprint density at radius 1 is 0.571 bits per heavy atom. The van der Waals surface area contributed by atoms with Crippen LogP contribution in [0.5, 0.6) is 0 Å². The number of halogens is 9. The monoisotopic (exact) mass is 488 g/mol. The largest absolute Gasteiger partial charge is 0.501 e. The van der Waals surface area contributed by atoms with Crippen molar-refractivity contribution < 1.29 is 64.8 Å². The van der Waals surface area contributed by atoms with Crippen molar-refractivity contribution in [3.8, 4) is 0 Å². The normalized spacial score (nSPS) is 14.9. The summed E-state index contributed by atoms with van der Waals surface area (Å²) in [7, 11) is -20.2. The number of hydrogen-bond donors (Lipinski definition) is 0. The minimum absolute atomic E-state index is 0.126. The minimum atomic E-state index is -6.73. The topological polar surface area (TPSA) is 102 Å². The van der Waals surface area contributed by atoms with Crippen LogP contribution in [0.3, 0.4) is 0 Å². The molecule has 1 rings (SSSR count). The van der Waals surface area contributed by atoms with E-state index in [1.54, 1.807) is 0 Å². The summed E-state index contributed by atoms with van der Waals surface area (Å²) in [6.07, 6.45) is 0. The molecule has 0 aromatic heterocycles. The number of hydrogen-bond acceptors (Lipinski definition) is 6. The van der Waals surface area contributed by atoms with Gasteiger partial charge < -0.3 is 0 Å². The minimum Gasteiger partial charge on any atom is -0.214 e. The predicted octanol–water partition coefficient (Wildman–Crippen LogP) is 2.88. The fourth-order valence-electron chi connectivity index (χ4n) is 1.73. The van der Waals surface area contributed by atoms with Gasteiger partial charge in [-0.1, -0.05) is 0 Å². The van der Waals surface area contributed by atoms with Gasteiger partial charge in [-0.3, -0.25) is 0 Å². The molecule has 0 heterocycles. The highest BCUT2D eigenvalue weighted by Crippen LogP contribution is 2.41. The molecule has 0 radical (unpaired) electrons. The van der Waals surface area contributed by atoms with E-state index in [9.17, 15) is 64.8 Å². The fraction of sp³-hybridized carbons (Fsp3) is 0.400. The summed E-state index contributed by atoms with van der Waals surface area (Å²) in [5.41, 5.74) is -20.6. The van der Waals surface area contributed by atoms with Crippen molar-refractivity contribution in [2.45, 2.75) is 38.1 Å². The van der Waals surface area contributed by atoms with Crippen LogP contribution in [0.25, 0.3) is 0 Å². The highest BCUT2D eigenvalue weighted by atomic mass is 32.2. The molecule has 0 aliphatic rings. The molecule has 0 spiro atoms. The highest BCUT2D eigenvalue weighted by Gasteiger charge is 2.54. The quantitative estimate of drug-likeness (QED) is 0.607. The summed E-state index contributed by atoms with van der Waals surface area (Å²) < 4.78 is 183. The van der Waals surface area contributed by atoms with Gasteiger partial charge in [0.25, 0.3) is 29.5 Å². The molecule has 0 bridgehead atoms. The van der Waals surface area contributed by atoms with Crippen LogP contribution in [0.15, 0.2) is 26.8 Å². The van der Waals surface area contributed by atoms with Crippen LogP contribution < -0.4 is 0 Å². The zero-order chi connectivity index (χ0) is 22.7. The molecule has 0 atom stereocenters. The summed E-state index contributed by atoms with van der Waals surface area (Å²) in [5.74, 6) is 0. The highest BCUT2D eigenvalue weighted by molar-refractivity contribution is 7.94. The van der Waals surface area contributed by atoms with Gasteiger partial charge in [-0.15, -0.1) is 0 Å². The summed E-state index contributed by atoms with van der Waals surface area (Å²) in [6.45, 7) is 0.126. The maximum absolute atomic E-state index is 12.7. The Morgan fingerprint density at radius 3 is 1.04 bits per heavy atom. The van der Waals surface area contributed by atoms with Gasteiger partial charge in [0.1, 0.15) is 0 Å². The van der Waals surface area contributed by atoms with Gasteiger partial charge in [0.15, 0.2) is 0 Å². The second kappa shape index (κ2) is 6.48. The zero-order valence-electron chi connectivity index (χ0n) is 12.7. The van der Waals surface area contributed by atoms with Crippen molar-refractivity contribution in [1.29, 1.82) is 0 Å². The van der Waals surface area contributed by atoms with E-state index in [4.69, 9.17) is 0 Å². The first-order valence-corrected chi connectivity index (χ1v) is 10.5. The lowest BCUT2D eigenvalue weighted by Crippen LogP contribution is -2.29. The van der Waals surface area contributed by atoms with Crippen molar-refractivity contribution in [3.63, 3.8) is 0 Å². The summed E-state index contributed by atoms with van der Waals surface area (Å²) in [6, 6.07) is -1.42. The van der Waals surface area contributed by atoms with Gasteiger partial charge in [0, 0.05) is 0 Å². The van der Waals surface area contributed by atoms with Crippen molar-refractivity contribution in [2.75, 3.05) is 0 Å². The van der Waals surface area contributed by atoms with Crippen LogP contribution >= 0.6 is 0 Å². The third-order valence-electron chi connectivity index (χ3n) is 3.09. The maximum atomic E-state index is 12.7. The molecule has 0 fully saturated rings. The molecule has 18 heteroatoms. The van der Waals surface area contributed by atoms with E-state index in [2.05, 4.69) is 0 Å². The first kappa shape index (κ1) is 24.5. The van der Waals surface area contributed by atoms with Gasteiger partial charge in [-0.25, -0.2) is 25.3 Å². The molecule has 1 aromatic carbocycles. The Hall–Kier alpha value is -1.56. The number of sulfone groups is 3. The zero-order valence-corrected chi connectivity index (χ0v) is 15.2. The fourth-order valence-corrected chi connectivity index (χ4v) is 4.85. The summed E-state index contributed by atoms with van der Waals surface area (Å²) in [5, 5.41) is 0. The number of benzene rings is 1. The van der Waals surface area contributed by atoms with E-state index in [-0.39, 0.29) is 6.92 Å². The third-order valence-corrected chi connectivity index (χ3v) is 7.78. The van der Waals surface area contributed by atoms with Crippen molar-refractivity contribution in [2.24, 2.45) is 0 Å². The molecule has 1 aromatic rings. The van der Waals surface area contributed by atoms with Crippen LogP contribution in [-0.2, 0) is 29.5 Å². The van der Waals surface area contributed by atoms with Crippen molar-refractivity contribution in [1.82, 2.24) is 0 Å². The molecular weight excluding hydrogens is 483 g/mol. The maximum Gasteiger partial charge on any atom is 0.501 e. The first-order valence-electron chi connectivity index (χ1n) is 6.08. The predicted molar refractivity (Wildman–Crippen MR) is 70.9 cm³/mol. The van der Waals surface area contributed by atoms with E-state index in [0.29, 0.717) is 0 Å². The molecule has 0 saturated carbocycles. The molecule has 0 aliphatic heterocycles. The second-order valence-corrected chi connectivity index (χ2v) is 10.7. The average Bonchev–Trinajstić information content (AvgIpc) is 2.42. The first-order chi connectivity index (χ1) is 12.0. The average molecular weight is 488 g/mol. The molecular formula is C10H5F9O6S3. The standard InChI is InChI=1S/C10H5F9O6S3/c1-4-6(27(22,23)9(14,15)16)2-5(26(20,21)8(11,12)13)3-7(4)28(24,25)10(17,18)19/h2-3H,1H3. The SMILES string of the molecule is Cc1c(S(=O)(=O)C(F)(F)F)cc(S(=O)(=O)C(F)(F)F)cc1S(=O)(=O)C(F)(F)F. The Bertz CT molecular complexity index is 1040. The Balaban J connectivity index is 4.25. The lowest BCUT2D eigenvalue weighted by Gasteiger charge is -2.18. The van der Waals surface area contributed by atoms with Crippen molar-refractivity contribution in [3.05, 3.63) is 17.7 Å². The lowest BCUT2D eigenvalue weighted by molar-refractivity contribution is -0.0438. The third kappa shape index (κ3) is 3.80. The van der Waals surface area contributed by atoms with Crippen LogP contribution in [0.2, 0.25) is 0 Å². The van der Waals surface area contributed by atoms with Crippen molar-refractivity contribution >= 4 is 29.5 Å². The lowest BCUT2D eigenvalue weighted by atomic mass is 10.2. The second-order valence-electron chi connectivity index (χ2n) is 4.89. The Morgan fingerprint density at radius 2 is 0.821 bits per heavy atom. The molecule has 28 heavy (non-hydrogen) atoms. The van der Waals surface area contributed by atoms with E-state index < -0.39 is 78.4 Å². The van der Waals surface area contributed by atoms with E-state index >= 15 is 0 Å². The van der Waals surface area contributed by atoms with Gasteiger partial charge in [-0.05, 0) is 24.6 Å². The van der Waals surface area contributed by atoms with E-state index in [1.807, 2.05) is 0 Å². The molecule has 162 valence electrons. The van der Waals surface area contributed by atoms with Crippen LogP contribution in [0.1, 0.15) is 5.56 Å². The Kier molecular flexibility index (Phi) is 5.66. The molecule has 6 nitrogen and oxygen atoms in total. The van der Waals surface area contributed by atoms with E-state index in [0.717, 1.165) is 0 Å². The van der Waals surface area contributed by atoms with Crippen LogP contribution in [0, 0.1) is 6.92 Å². The molecule has 0 unspecified atom stereocenters. The number of rotatable bonds is 3. The number of alkyl halides is 9. The molecule has 0 saturated heterocycles. The van der Waals surface area contributed by atoms with Gasteiger partial charge in [0.2, 0.25) is 0 Å².